The van der Waals surface area contributed by atoms with Gasteiger partial charge in [0.1, 0.15) is 17.5 Å². The molecule has 1 amide bonds. The van der Waals surface area contributed by atoms with Crippen molar-refractivity contribution >= 4 is 23.5 Å². The molecule has 1 aliphatic rings. The first kappa shape index (κ1) is 13.3. The van der Waals surface area contributed by atoms with Crippen molar-refractivity contribution in [1.29, 1.82) is 0 Å². The minimum absolute atomic E-state index is 0.201. The second kappa shape index (κ2) is 5.36. The molecule has 0 saturated heterocycles. The van der Waals surface area contributed by atoms with E-state index in [0.29, 0.717) is 16.9 Å². The highest BCUT2D eigenvalue weighted by atomic mass is 19.1. The lowest BCUT2D eigenvalue weighted by Crippen LogP contribution is -2.12. The van der Waals surface area contributed by atoms with Crippen molar-refractivity contribution in [3.8, 4) is 5.75 Å². The second-order valence-electron chi connectivity index (χ2n) is 4.67. The lowest BCUT2D eigenvalue weighted by Gasteiger charge is -2.03. The van der Waals surface area contributed by atoms with Gasteiger partial charge in [-0.05, 0) is 48.0 Å². The third kappa shape index (κ3) is 2.63. The molecule has 1 unspecified atom stereocenters. The predicted molar refractivity (Wildman–Crippen MR) is 78.9 cm³/mol. The van der Waals surface area contributed by atoms with Gasteiger partial charge in [-0.25, -0.2) is 4.39 Å². The lowest BCUT2D eigenvalue weighted by atomic mass is 10.0. The number of carbonyl (C=O) groups excluding carboxylic acids is 1. The molecule has 0 spiro atoms. The third-order valence-corrected chi connectivity index (χ3v) is 3.33. The first-order valence-electron chi connectivity index (χ1n) is 6.46. The van der Waals surface area contributed by atoms with E-state index in [1.165, 1.54) is 18.3 Å². The summed E-state index contributed by atoms with van der Waals surface area (Å²) in [4.78, 5) is 16.2. The highest BCUT2D eigenvalue weighted by molar-refractivity contribution is 6.12. The minimum atomic E-state index is -0.571. The Hall–Kier alpha value is -2.69. The monoisotopic (exact) mass is 284 g/mol. The molecular formula is C16H13FN2O2. The number of anilines is 1. The molecule has 2 aromatic carbocycles. The first-order valence-corrected chi connectivity index (χ1v) is 6.46. The van der Waals surface area contributed by atoms with E-state index < -0.39 is 5.92 Å². The average molecular weight is 284 g/mol. The molecule has 0 aliphatic carbocycles. The number of benzene rings is 2. The summed E-state index contributed by atoms with van der Waals surface area (Å²) in [5.74, 6) is -0.404. The van der Waals surface area contributed by atoms with E-state index in [1.807, 2.05) is 0 Å². The van der Waals surface area contributed by atoms with E-state index in [4.69, 9.17) is 4.74 Å². The summed E-state index contributed by atoms with van der Waals surface area (Å²) >= 11 is 0. The fourth-order valence-electron chi connectivity index (χ4n) is 2.23. The molecule has 2 aromatic rings. The standard InChI is InChI=1S/C16H13FN2O2/c1-21-12-5-3-11(4-6-12)18-9-14-13-8-10(17)2-7-15(13)19-16(14)20/h2-9,14H,1H3,(H,19,20). The number of hydrogen-bond acceptors (Lipinski definition) is 3. The van der Waals surface area contributed by atoms with Gasteiger partial charge in [0.15, 0.2) is 0 Å². The van der Waals surface area contributed by atoms with Gasteiger partial charge in [-0.1, -0.05) is 0 Å². The van der Waals surface area contributed by atoms with Crippen LogP contribution in [-0.4, -0.2) is 19.2 Å². The molecule has 4 nitrogen and oxygen atoms in total. The van der Waals surface area contributed by atoms with E-state index in [0.717, 1.165) is 5.75 Å². The van der Waals surface area contributed by atoms with Crippen LogP contribution in [0.3, 0.4) is 0 Å². The van der Waals surface area contributed by atoms with Crippen molar-refractivity contribution in [2.24, 2.45) is 4.99 Å². The Morgan fingerprint density at radius 2 is 2.00 bits per heavy atom. The third-order valence-electron chi connectivity index (χ3n) is 3.33. The first-order chi connectivity index (χ1) is 10.2. The van der Waals surface area contributed by atoms with Gasteiger partial charge in [-0.3, -0.25) is 9.79 Å². The van der Waals surface area contributed by atoms with Crippen LogP contribution in [0.15, 0.2) is 47.5 Å². The SMILES string of the molecule is COc1ccc(N=CC2C(=O)Nc3ccc(F)cc32)cc1. The molecule has 0 aromatic heterocycles. The maximum absolute atomic E-state index is 13.3. The molecule has 0 bridgehead atoms. The van der Waals surface area contributed by atoms with E-state index in [9.17, 15) is 9.18 Å². The largest absolute Gasteiger partial charge is 0.497 e. The van der Waals surface area contributed by atoms with Crippen LogP contribution < -0.4 is 10.1 Å². The Morgan fingerprint density at radius 3 is 2.71 bits per heavy atom. The minimum Gasteiger partial charge on any atom is -0.497 e. The number of nitrogens with one attached hydrogen (secondary N) is 1. The fraction of sp³-hybridized carbons (Fsp3) is 0.125. The van der Waals surface area contributed by atoms with Crippen LogP contribution in [0.4, 0.5) is 15.8 Å². The van der Waals surface area contributed by atoms with Gasteiger partial charge in [0.05, 0.1) is 12.8 Å². The molecule has 1 heterocycles. The molecule has 5 heteroatoms. The Kier molecular flexibility index (Phi) is 3.39. The lowest BCUT2D eigenvalue weighted by molar-refractivity contribution is -0.115. The van der Waals surface area contributed by atoms with Crippen molar-refractivity contribution in [1.82, 2.24) is 0 Å². The molecular weight excluding hydrogens is 271 g/mol. The predicted octanol–water partition coefficient (Wildman–Crippen LogP) is 3.27. The molecule has 0 saturated carbocycles. The molecule has 0 fully saturated rings. The summed E-state index contributed by atoms with van der Waals surface area (Å²) in [5, 5.41) is 2.71. The topological polar surface area (TPSA) is 50.7 Å². The van der Waals surface area contributed by atoms with Crippen molar-refractivity contribution in [3.63, 3.8) is 0 Å². The van der Waals surface area contributed by atoms with Gasteiger partial charge in [-0.2, -0.15) is 0 Å². The molecule has 1 atom stereocenters. The van der Waals surface area contributed by atoms with Crippen molar-refractivity contribution in [2.45, 2.75) is 5.92 Å². The Balaban J connectivity index is 1.86. The number of halogens is 1. The van der Waals surface area contributed by atoms with Crippen molar-refractivity contribution in [2.75, 3.05) is 12.4 Å². The smallest absolute Gasteiger partial charge is 0.237 e. The molecule has 106 valence electrons. The van der Waals surface area contributed by atoms with Gasteiger partial charge < -0.3 is 10.1 Å². The number of hydrogen-bond donors (Lipinski definition) is 1. The molecule has 21 heavy (non-hydrogen) atoms. The van der Waals surface area contributed by atoms with Crippen molar-refractivity contribution in [3.05, 3.63) is 53.8 Å². The van der Waals surface area contributed by atoms with E-state index in [2.05, 4.69) is 10.3 Å². The quantitative estimate of drug-likeness (QED) is 0.879. The average Bonchev–Trinajstić information content (AvgIpc) is 2.80. The number of rotatable bonds is 3. The van der Waals surface area contributed by atoms with Crippen LogP contribution in [0.2, 0.25) is 0 Å². The maximum Gasteiger partial charge on any atom is 0.237 e. The van der Waals surface area contributed by atoms with E-state index >= 15 is 0 Å². The highest BCUT2D eigenvalue weighted by Gasteiger charge is 2.29. The summed E-state index contributed by atoms with van der Waals surface area (Å²) in [5.41, 5.74) is 1.94. The number of amides is 1. The number of methoxy groups -OCH3 is 1. The molecule has 3 rings (SSSR count). The van der Waals surface area contributed by atoms with Crippen LogP contribution in [0.5, 0.6) is 5.75 Å². The van der Waals surface area contributed by atoms with Crippen LogP contribution in [0.25, 0.3) is 0 Å². The Morgan fingerprint density at radius 1 is 1.24 bits per heavy atom. The summed E-state index contributed by atoms with van der Waals surface area (Å²) in [6, 6.07) is 11.4. The number of fused-ring (bicyclic) bond motifs is 1. The second-order valence-corrected chi connectivity index (χ2v) is 4.67. The van der Waals surface area contributed by atoms with Gasteiger partial charge >= 0.3 is 0 Å². The van der Waals surface area contributed by atoms with Crippen LogP contribution in [0.1, 0.15) is 11.5 Å². The zero-order chi connectivity index (χ0) is 14.8. The number of carbonyl (C=O) groups is 1. The normalized spacial score (nSPS) is 16.9. The zero-order valence-corrected chi connectivity index (χ0v) is 11.3. The summed E-state index contributed by atoms with van der Waals surface area (Å²) in [7, 11) is 1.59. The number of nitrogens with zero attached hydrogens (tertiary/aromatic N) is 1. The zero-order valence-electron chi connectivity index (χ0n) is 11.3. The van der Waals surface area contributed by atoms with Gasteiger partial charge in [-0.15, -0.1) is 0 Å². The van der Waals surface area contributed by atoms with E-state index in [1.54, 1.807) is 37.4 Å². The van der Waals surface area contributed by atoms with Crippen LogP contribution in [0, 0.1) is 5.82 Å². The maximum atomic E-state index is 13.3. The Labute approximate surface area is 121 Å². The van der Waals surface area contributed by atoms with Crippen LogP contribution in [-0.2, 0) is 4.79 Å². The highest BCUT2D eigenvalue weighted by Crippen LogP contribution is 2.32. The summed E-state index contributed by atoms with van der Waals surface area (Å²) in [6.45, 7) is 0. The molecule has 1 N–H and O–H groups in total. The van der Waals surface area contributed by atoms with Crippen LogP contribution >= 0.6 is 0 Å². The number of aliphatic imine (C=N–C) groups is 1. The molecule has 0 radical (unpaired) electrons. The Bertz CT molecular complexity index is 711. The van der Waals surface area contributed by atoms with Crippen molar-refractivity contribution < 1.29 is 13.9 Å². The van der Waals surface area contributed by atoms with Gasteiger partial charge in [0.25, 0.3) is 0 Å². The molecule has 1 aliphatic heterocycles. The van der Waals surface area contributed by atoms with Gasteiger partial charge in [0, 0.05) is 11.9 Å². The van der Waals surface area contributed by atoms with Gasteiger partial charge in [0.2, 0.25) is 5.91 Å². The summed E-state index contributed by atoms with van der Waals surface area (Å²) in [6.07, 6.45) is 1.53. The van der Waals surface area contributed by atoms with E-state index in [-0.39, 0.29) is 11.7 Å². The number of ether oxygens (including phenoxy) is 1. The fourth-order valence-corrected chi connectivity index (χ4v) is 2.23. The summed E-state index contributed by atoms with van der Waals surface area (Å²) < 4.78 is 18.4.